The van der Waals surface area contributed by atoms with Crippen LogP contribution in [-0.4, -0.2) is 15.1 Å². The third-order valence-electron chi connectivity index (χ3n) is 1.79. The molecule has 1 heterocycles. The summed E-state index contributed by atoms with van der Waals surface area (Å²) in [4.78, 5) is 1.22. The number of rotatable bonds is 2. The number of nitrogens with zero attached hydrogens (tertiary/aromatic N) is 3. The fraction of sp³-hybridized carbons (Fsp3) is 0.111. The Bertz CT molecular complexity index is 380. The fourth-order valence-corrected chi connectivity index (χ4v) is 1.20. The summed E-state index contributed by atoms with van der Waals surface area (Å²) in [6.45, 7) is 0. The van der Waals surface area contributed by atoms with Crippen molar-refractivity contribution in [3.05, 3.63) is 47.8 Å². The smallest absolute Gasteiger partial charge is 0.0893 e. The summed E-state index contributed by atoms with van der Waals surface area (Å²) in [5.41, 5.74) is 2.09. The number of aromatic nitrogens is 3. The summed E-state index contributed by atoms with van der Waals surface area (Å²) in [5, 5.41) is 7.56. The van der Waals surface area contributed by atoms with Gasteiger partial charge in [0.05, 0.1) is 11.9 Å². The van der Waals surface area contributed by atoms with E-state index in [1.807, 2.05) is 18.2 Å². The Kier molecular flexibility index (Phi) is 1.96. The molecule has 0 aliphatic heterocycles. The lowest BCUT2D eigenvalue weighted by Crippen LogP contribution is -2.07. The maximum absolute atomic E-state index is 5.38. The number of nitrogen functional groups attached to an aromatic ring is 1. The normalized spacial score (nSPS) is 10.2. The molecule has 0 unspecified atom stereocenters. The lowest BCUT2D eigenvalue weighted by molar-refractivity contribution is 0.763. The molecule has 0 atom stereocenters. The average molecular weight is 174 g/mol. The molecule has 66 valence electrons. The van der Waals surface area contributed by atoms with Gasteiger partial charge in [0, 0.05) is 6.42 Å². The average Bonchev–Trinajstić information content (AvgIpc) is 2.53. The summed E-state index contributed by atoms with van der Waals surface area (Å²) in [6, 6.07) is 10.1. The molecule has 13 heavy (non-hydrogen) atoms. The molecule has 4 nitrogen and oxygen atoms in total. The second kappa shape index (κ2) is 3.26. The molecule has 0 amide bonds. The highest BCUT2D eigenvalue weighted by Crippen LogP contribution is 2.04. The van der Waals surface area contributed by atoms with E-state index in [9.17, 15) is 0 Å². The van der Waals surface area contributed by atoms with E-state index in [0.717, 1.165) is 12.1 Å². The minimum Gasteiger partial charge on any atom is -0.322 e. The molecule has 4 heteroatoms. The van der Waals surface area contributed by atoms with Crippen LogP contribution in [0.1, 0.15) is 11.3 Å². The second-order valence-corrected chi connectivity index (χ2v) is 2.85. The third-order valence-corrected chi connectivity index (χ3v) is 1.79. The zero-order valence-electron chi connectivity index (χ0n) is 7.09. The highest BCUT2D eigenvalue weighted by atomic mass is 15.6. The standard InChI is InChI=1S/C9H10N4/c10-13-7-9(11-12-13)6-8-4-2-1-3-5-8/h1-5,7H,6,10H2. The van der Waals surface area contributed by atoms with E-state index in [1.165, 1.54) is 10.4 Å². The van der Waals surface area contributed by atoms with Crippen molar-refractivity contribution in [3.63, 3.8) is 0 Å². The SMILES string of the molecule is Nn1cc(Cc2ccccc2)nn1. The van der Waals surface area contributed by atoms with Crippen LogP contribution in [-0.2, 0) is 6.42 Å². The molecule has 0 aliphatic carbocycles. The van der Waals surface area contributed by atoms with Crippen molar-refractivity contribution in [2.45, 2.75) is 6.42 Å². The predicted octanol–water partition coefficient (Wildman–Crippen LogP) is 0.583. The van der Waals surface area contributed by atoms with Gasteiger partial charge in [0.1, 0.15) is 0 Å². The van der Waals surface area contributed by atoms with Crippen LogP contribution >= 0.6 is 0 Å². The molecule has 0 saturated heterocycles. The first-order valence-corrected chi connectivity index (χ1v) is 4.05. The van der Waals surface area contributed by atoms with Crippen LogP contribution in [0.25, 0.3) is 0 Å². The summed E-state index contributed by atoms with van der Waals surface area (Å²) < 4.78 is 0. The second-order valence-electron chi connectivity index (χ2n) is 2.85. The monoisotopic (exact) mass is 174 g/mol. The quantitative estimate of drug-likeness (QED) is 0.677. The minimum atomic E-state index is 0.776. The molecular formula is C9H10N4. The molecule has 2 aromatic rings. The maximum Gasteiger partial charge on any atom is 0.0893 e. The van der Waals surface area contributed by atoms with E-state index < -0.39 is 0 Å². The van der Waals surface area contributed by atoms with Gasteiger partial charge in [-0.15, -0.1) is 5.10 Å². The highest BCUT2D eigenvalue weighted by Gasteiger charge is 1.99. The van der Waals surface area contributed by atoms with Gasteiger partial charge >= 0.3 is 0 Å². The molecule has 2 N–H and O–H groups in total. The number of benzene rings is 1. The van der Waals surface area contributed by atoms with Gasteiger partial charge < -0.3 is 5.84 Å². The highest BCUT2D eigenvalue weighted by molar-refractivity contribution is 5.19. The van der Waals surface area contributed by atoms with Gasteiger partial charge in [-0.25, -0.2) is 0 Å². The van der Waals surface area contributed by atoms with Gasteiger partial charge in [-0.2, -0.15) is 4.79 Å². The summed E-state index contributed by atoms with van der Waals surface area (Å²) in [7, 11) is 0. The maximum atomic E-state index is 5.38. The molecule has 2 rings (SSSR count). The Morgan fingerprint density at radius 3 is 2.62 bits per heavy atom. The Labute approximate surface area is 76.0 Å². The van der Waals surface area contributed by atoms with Crippen LogP contribution in [0.3, 0.4) is 0 Å². The van der Waals surface area contributed by atoms with Crippen molar-refractivity contribution < 1.29 is 0 Å². The van der Waals surface area contributed by atoms with Crippen LogP contribution in [0, 0.1) is 0 Å². The predicted molar refractivity (Wildman–Crippen MR) is 49.4 cm³/mol. The van der Waals surface area contributed by atoms with E-state index >= 15 is 0 Å². The molecule has 1 aromatic carbocycles. The van der Waals surface area contributed by atoms with Crippen molar-refractivity contribution in [1.29, 1.82) is 0 Å². The molecule has 0 radical (unpaired) electrons. The summed E-state index contributed by atoms with van der Waals surface area (Å²) in [6.07, 6.45) is 2.49. The first-order chi connectivity index (χ1) is 6.34. The Hall–Kier alpha value is -1.84. The van der Waals surface area contributed by atoms with Gasteiger partial charge in [0.25, 0.3) is 0 Å². The van der Waals surface area contributed by atoms with E-state index in [1.54, 1.807) is 6.20 Å². The first kappa shape index (κ1) is 7.79. The van der Waals surface area contributed by atoms with Crippen LogP contribution in [0.15, 0.2) is 36.5 Å². The molecule has 1 aromatic heterocycles. The lowest BCUT2D eigenvalue weighted by atomic mass is 10.1. The molecule has 0 fully saturated rings. The van der Waals surface area contributed by atoms with Crippen molar-refractivity contribution >= 4 is 0 Å². The van der Waals surface area contributed by atoms with E-state index in [-0.39, 0.29) is 0 Å². The Morgan fingerprint density at radius 2 is 2.00 bits per heavy atom. The number of hydrogen-bond acceptors (Lipinski definition) is 3. The minimum absolute atomic E-state index is 0.776. The molecule has 0 spiro atoms. The van der Waals surface area contributed by atoms with Crippen molar-refractivity contribution in [2.24, 2.45) is 0 Å². The van der Waals surface area contributed by atoms with Crippen molar-refractivity contribution in [3.8, 4) is 0 Å². The summed E-state index contributed by atoms with van der Waals surface area (Å²) >= 11 is 0. The van der Waals surface area contributed by atoms with E-state index in [0.29, 0.717) is 0 Å². The zero-order chi connectivity index (χ0) is 9.10. The topological polar surface area (TPSA) is 56.7 Å². The Balaban J connectivity index is 2.15. The van der Waals surface area contributed by atoms with Gasteiger partial charge in [0.15, 0.2) is 0 Å². The Morgan fingerprint density at radius 1 is 1.23 bits per heavy atom. The van der Waals surface area contributed by atoms with Crippen molar-refractivity contribution in [1.82, 2.24) is 15.1 Å². The zero-order valence-corrected chi connectivity index (χ0v) is 7.09. The van der Waals surface area contributed by atoms with E-state index in [4.69, 9.17) is 5.84 Å². The van der Waals surface area contributed by atoms with E-state index in [2.05, 4.69) is 22.4 Å². The molecule has 0 saturated carbocycles. The van der Waals surface area contributed by atoms with Crippen molar-refractivity contribution in [2.75, 3.05) is 5.84 Å². The van der Waals surface area contributed by atoms with Crippen LogP contribution in [0.2, 0.25) is 0 Å². The fourth-order valence-electron chi connectivity index (χ4n) is 1.20. The van der Waals surface area contributed by atoms with Crippen LogP contribution in [0.5, 0.6) is 0 Å². The lowest BCUT2D eigenvalue weighted by Gasteiger charge is -1.94. The number of hydrogen-bond donors (Lipinski definition) is 1. The largest absolute Gasteiger partial charge is 0.322 e. The number of nitrogens with two attached hydrogens (primary N) is 1. The molecule has 0 bridgehead atoms. The van der Waals surface area contributed by atoms with Gasteiger partial charge in [-0.3, -0.25) is 0 Å². The third kappa shape index (κ3) is 1.84. The van der Waals surface area contributed by atoms with Gasteiger partial charge in [-0.05, 0) is 10.8 Å². The molecule has 0 aliphatic rings. The van der Waals surface area contributed by atoms with Crippen LogP contribution < -0.4 is 5.84 Å². The first-order valence-electron chi connectivity index (χ1n) is 4.05. The van der Waals surface area contributed by atoms with Gasteiger partial charge in [0.2, 0.25) is 0 Å². The van der Waals surface area contributed by atoms with Crippen LogP contribution in [0.4, 0.5) is 0 Å². The summed E-state index contributed by atoms with van der Waals surface area (Å²) in [5.74, 6) is 5.38. The van der Waals surface area contributed by atoms with Gasteiger partial charge in [-0.1, -0.05) is 30.3 Å². The molecular weight excluding hydrogens is 164 g/mol.